The van der Waals surface area contributed by atoms with Crippen molar-refractivity contribution in [1.29, 1.82) is 0 Å². The van der Waals surface area contributed by atoms with E-state index in [4.69, 9.17) is 9.72 Å². The molecule has 6 nitrogen and oxygen atoms in total. The minimum absolute atomic E-state index is 0. The first-order valence-corrected chi connectivity index (χ1v) is 10.2. The summed E-state index contributed by atoms with van der Waals surface area (Å²) in [5, 5.41) is 0.643. The van der Waals surface area contributed by atoms with Crippen molar-refractivity contribution in [1.82, 2.24) is 9.88 Å². The van der Waals surface area contributed by atoms with Gasteiger partial charge in [0.05, 0.1) is 11.8 Å². The van der Waals surface area contributed by atoms with E-state index in [2.05, 4.69) is 4.90 Å². The molecule has 1 heterocycles. The van der Waals surface area contributed by atoms with Crippen LogP contribution in [0.1, 0.15) is 34.1 Å². The summed E-state index contributed by atoms with van der Waals surface area (Å²) in [4.78, 5) is 33.3. The predicted octanol–water partition coefficient (Wildman–Crippen LogP) is 4.53. The van der Waals surface area contributed by atoms with Crippen LogP contribution in [0, 0.1) is 0 Å². The van der Waals surface area contributed by atoms with Crippen LogP contribution in [0.5, 0.6) is 5.75 Å². The first-order chi connectivity index (χ1) is 13.9. The molecule has 0 N–H and O–H groups in total. The first-order valence-electron chi connectivity index (χ1n) is 9.42. The number of nitrogens with zero attached hydrogens (tertiary/aromatic N) is 3. The average Bonchev–Trinajstić information content (AvgIpc) is 3.14. The lowest BCUT2D eigenvalue weighted by Crippen LogP contribution is -2.33. The van der Waals surface area contributed by atoms with E-state index in [1.807, 2.05) is 32.3 Å². The number of hydrogen-bond donors (Lipinski definition) is 0. The van der Waals surface area contributed by atoms with Gasteiger partial charge in [0, 0.05) is 17.7 Å². The molecule has 0 saturated heterocycles. The maximum atomic E-state index is 13.3. The molecule has 3 aromatic rings. The molecule has 0 unspecified atom stereocenters. The number of anilines is 1. The minimum atomic E-state index is -0.128. The highest BCUT2D eigenvalue weighted by Crippen LogP contribution is 2.34. The van der Waals surface area contributed by atoms with Gasteiger partial charge < -0.3 is 9.64 Å². The van der Waals surface area contributed by atoms with Gasteiger partial charge in [-0.15, -0.1) is 12.4 Å². The molecule has 0 fully saturated rings. The second kappa shape index (κ2) is 10.5. The highest BCUT2D eigenvalue weighted by Gasteiger charge is 2.22. The van der Waals surface area contributed by atoms with Gasteiger partial charge in [0.25, 0.3) is 5.91 Å². The van der Waals surface area contributed by atoms with Crippen LogP contribution in [-0.2, 0) is 0 Å². The molecule has 2 aromatic carbocycles. The van der Waals surface area contributed by atoms with E-state index in [0.717, 1.165) is 23.2 Å². The third-order valence-electron chi connectivity index (χ3n) is 4.59. The van der Waals surface area contributed by atoms with E-state index in [1.165, 1.54) is 18.3 Å². The Balaban J connectivity index is 0.00000320. The molecule has 160 valence electrons. The van der Waals surface area contributed by atoms with Crippen LogP contribution in [0.25, 0.3) is 10.2 Å². The summed E-state index contributed by atoms with van der Waals surface area (Å²) in [6.07, 6.45) is 0.817. The van der Waals surface area contributed by atoms with E-state index in [0.29, 0.717) is 28.6 Å². The lowest BCUT2D eigenvalue weighted by Gasteiger charge is -2.21. The molecule has 0 atom stereocenters. The summed E-state index contributed by atoms with van der Waals surface area (Å²) in [6, 6.07) is 12.5. The van der Waals surface area contributed by atoms with Gasteiger partial charge in [-0.05, 0) is 58.3 Å². The largest absolute Gasteiger partial charge is 0.494 e. The molecule has 1 amide bonds. The van der Waals surface area contributed by atoms with Gasteiger partial charge in [-0.1, -0.05) is 29.5 Å². The Morgan fingerprint density at radius 3 is 2.30 bits per heavy atom. The number of aromatic nitrogens is 1. The monoisotopic (exact) mass is 447 g/mol. The predicted molar refractivity (Wildman–Crippen MR) is 125 cm³/mol. The Morgan fingerprint density at radius 2 is 1.70 bits per heavy atom. The van der Waals surface area contributed by atoms with Gasteiger partial charge in [-0.25, -0.2) is 4.98 Å². The molecular weight excluding hydrogens is 422 g/mol. The van der Waals surface area contributed by atoms with Crippen molar-refractivity contribution in [2.75, 3.05) is 39.2 Å². The van der Waals surface area contributed by atoms with Crippen molar-refractivity contribution in [2.24, 2.45) is 0 Å². The molecule has 0 aliphatic heterocycles. The van der Waals surface area contributed by atoms with Gasteiger partial charge in [0.15, 0.2) is 10.9 Å². The summed E-state index contributed by atoms with van der Waals surface area (Å²) in [5.41, 5.74) is 1.88. The quantitative estimate of drug-likeness (QED) is 0.475. The summed E-state index contributed by atoms with van der Waals surface area (Å²) < 4.78 is 6.39. The number of hydrogen-bond acceptors (Lipinski definition) is 6. The number of para-hydroxylation sites is 1. The van der Waals surface area contributed by atoms with E-state index in [1.54, 1.807) is 36.3 Å². The average molecular weight is 448 g/mol. The number of Topliss-reactive ketones (excluding diaryl/α,β-unsaturated/α-hetero) is 1. The van der Waals surface area contributed by atoms with Gasteiger partial charge in [-0.2, -0.15) is 0 Å². The topological polar surface area (TPSA) is 62.7 Å². The Bertz CT molecular complexity index is 1020. The molecule has 0 spiro atoms. The zero-order chi connectivity index (χ0) is 21.0. The van der Waals surface area contributed by atoms with Crippen LogP contribution in [0.3, 0.4) is 0 Å². The van der Waals surface area contributed by atoms with Crippen LogP contribution in [-0.4, -0.2) is 55.9 Å². The van der Waals surface area contributed by atoms with E-state index < -0.39 is 0 Å². The summed E-state index contributed by atoms with van der Waals surface area (Å²) in [7, 11) is 5.63. The van der Waals surface area contributed by atoms with Crippen LogP contribution in [0.4, 0.5) is 5.13 Å². The molecule has 0 saturated carbocycles. The lowest BCUT2D eigenvalue weighted by molar-refractivity contribution is 0.0981. The number of benzene rings is 2. The molecule has 1 aromatic heterocycles. The fourth-order valence-corrected chi connectivity index (χ4v) is 4.03. The highest BCUT2D eigenvalue weighted by molar-refractivity contribution is 7.22. The zero-order valence-electron chi connectivity index (χ0n) is 17.5. The maximum Gasteiger partial charge on any atom is 0.260 e. The Hall–Kier alpha value is -2.48. The van der Waals surface area contributed by atoms with Gasteiger partial charge in [0.1, 0.15) is 11.3 Å². The molecule has 0 radical (unpaired) electrons. The summed E-state index contributed by atoms with van der Waals surface area (Å²) >= 11 is 1.47. The number of carbonyl (C=O) groups is 2. The summed E-state index contributed by atoms with van der Waals surface area (Å²) in [5.74, 6) is 0.540. The van der Waals surface area contributed by atoms with Crippen molar-refractivity contribution < 1.29 is 14.3 Å². The fourth-order valence-electron chi connectivity index (χ4n) is 3.02. The number of halogens is 1. The van der Waals surface area contributed by atoms with Crippen LogP contribution in [0.2, 0.25) is 0 Å². The number of ketones is 1. The van der Waals surface area contributed by atoms with E-state index >= 15 is 0 Å². The second-order valence-corrected chi connectivity index (χ2v) is 8.06. The van der Waals surface area contributed by atoms with Crippen molar-refractivity contribution in [3.63, 3.8) is 0 Å². The van der Waals surface area contributed by atoms with E-state index in [-0.39, 0.29) is 24.1 Å². The maximum absolute atomic E-state index is 13.3. The second-order valence-electron chi connectivity index (χ2n) is 7.05. The van der Waals surface area contributed by atoms with E-state index in [9.17, 15) is 9.59 Å². The number of thiazole rings is 1. The number of amides is 1. The number of methoxy groups -OCH3 is 1. The molecule has 8 heteroatoms. The number of fused-ring (bicyclic) bond motifs is 1. The van der Waals surface area contributed by atoms with Gasteiger partial charge >= 0.3 is 0 Å². The van der Waals surface area contributed by atoms with Gasteiger partial charge in [-0.3, -0.25) is 14.5 Å². The Labute approximate surface area is 186 Å². The smallest absolute Gasteiger partial charge is 0.260 e. The SMILES string of the molecule is COc1cccc2sc(N(CCCN(C)C)C(=O)c3ccc(C(C)=O)cc3)nc12.Cl. The normalized spacial score (nSPS) is 10.7. The zero-order valence-corrected chi connectivity index (χ0v) is 19.2. The van der Waals surface area contributed by atoms with Crippen molar-refractivity contribution in [2.45, 2.75) is 13.3 Å². The molecular formula is C22H26ClN3O3S. The van der Waals surface area contributed by atoms with Crippen molar-refractivity contribution >= 4 is 50.8 Å². The molecule has 0 bridgehead atoms. The number of rotatable bonds is 8. The molecule has 3 rings (SSSR count). The first kappa shape index (κ1) is 23.8. The number of carbonyl (C=O) groups excluding carboxylic acids is 2. The third-order valence-corrected chi connectivity index (χ3v) is 5.64. The molecule has 0 aliphatic rings. The fraction of sp³-hybridized carbons (Fsp3) is 0.318. The van der Waals surface area contributed by atoms with Crippen LogP contribution < -0.4 is 9.64 Å². The minimum Gasteiger partial charge on any atom is -0.494 e. The lowest BCUT2D eigenvalue weighted by atomic mass is 10.1. The van der Waals surface area contributed by atoms with Crippen LogP contribution in [0.15, 0.2) is 42.5 Å². The molecule has 0 aliphatic carbocycles. The highest BCUT2D eigenvalue weighted by atomic mass is 35.5. The van der Waals surface area contributed by atoms with Gasteiger partial charge in [0.2, 0.25) is 0 Å². The third kappa shape index (κ3) is 5.36. The molecule has 30 heavy (non-hydrogen) atoms. The van der Waals surface area contributed by atoms with Crippen molar-refractivity contribution in [3.05, 3.63) is 53.6 Å². The van der Waals surface area contributed by atoms with Crippen molar-refractivity contribution in [3.8, 4) is 5.75 Å². The Kier molecular flexibility index (Phi) is 8.34. The Morgan fingerprint density at radius 1 is 1.03 bits per heavy atom. The van der Waals surface area contributed by atoms with Crippen LogP contribution >= 0.6 is 23.7 Å². The summed E-state index contributed by atoms with van der Waals surface area (Å²) in [6.45, 7) is 2.92. The standard InChI is InChI=1S/C22H25N3O3S.ClH/c1-15(26)16-9-11-17(12-10-16)21(27)25(14-6-13-24(2)3)22-23-20-18(28-4)7-5-8-19(20)29-22;/h5,7-12H,6,13-14H2,1-4H3;1H. The number of ether oxygens (including phenoxy) is 1.